The zero-order valence-corrected chi connectivity index (χ0v) is 14.9. The molecule has 3 rings (SSSR count). The van der Waals surface area contributed by atoms with Crippen LogP contribution in [0.15, 0.2) is 53.7 Å². The SMILES string of the molecule is CN=C(NCc1ccnc(OCC2CC2)c1)NC(C)c1ccccc1. The summed E-state index contributed by atoms with van der Waals surface area (Å²) in [6.45, 7) is 3.57. The summed E-state index contributed by atoms with van der Waals surface area (Å²) in [4.78, 5) is 8.58. The van der Waals surface area contributed by atoms with E-state index in [2.05, 4.69) is 39.7 Å². The van der Waals surface area contributed by atoms with E-state index < -0.39 is 0 Å². The lowest BCUT2D eigenvalue weighted by atomic mass is 10.1. The average Bonchev–Trinajstić information content (AvgIpc) is 3.49. The molecule has 1 heterocycles. The molecule has 1 atom stereocenters. The van der Waals surface area contributed by atoms with Gasteiger partial charge in [-0.2, -0.15) is 0 Å². The number of ether oxygens (including phenoxy) is 1. The molecule has 0 saturated heterocycles. The molecule has 5 nitrogen and oxygen atoms in total. The highest BCUT2D eigenvalue weighted by molar-refractivity contribution is 5.80. The Morgan fingerprint density at radius 3 is 2.80 bits per heavy atom. The number of rotatable bonds is 7. The van der Waals surface area contributed by atoms with Crippen LogP contribution in [0.2, 0.25) is 0 Å². The van der Waals surface area contributed by atoms with E-state index in [4.69, 9.17) is 4.74 Å². The molecule has 5 heteroatoms. The number of nitrogens with zero attached hydrogens (tertiary/aromatic N) is 2. The second-order valence-corrected chi connectivity index (χ2v) is 6.46. The van der Waals surface area contributed by atoms with Crippen LogP contribution in [0.5, 0.6) is 5.88 Å². The summed E-state index contributed by atoms with van der Waals surface area (Å²) in [6.07, 6.45) is 4.35. The summed E-state index contributed by atoms with van der Waals surface area (Å²) in [5, 5.41) is 6.75. The van der Waals surface area contributed by atoms with Crippen LogP contribution < -0.4 is 15.4 Å². The first-order chi connectivity index (χ1) is 12.2. The van der Waals surface area contributed by atoms with Crippen molar-refractivity contribution in [2.75, 3.05) is 13.7 Å². The quantitative estimate of drug-likeness (QED) is 0.601. The lowest BCUT2D eigenvalue weighted by Gasteiger charge is -2.18. The van der Waals surface area contributed by atoms with E-state index in [1.165, 1.54) is 18.4 Å². The van der Waals surface area contributed by atoms with Gasteiger partial charge in [-0.15, -0.1) is 0 Å². The Hall–Kier alpha value is -2.56. The van der Waals surface area contributed by atoms with Crippen molar-refractivity contribution in [1.29, 1.82) is 0 Å². The molecule has 0 bridgehead atoms. The van der Waals surface area contributed by atoms with Crippen LogP contribution in [0, 0.1) is 5.92 Å². The van der Waals surface area contributed by atoms with E-state index in [9.17, 15) is 0 Å². The predicted molar refractivity (Wildman–Crippen MR) is 101 cm³/mol. The summed E-state index contributed by atoms with van der Waals surface area (Å²) in [5.41, 5.74) is 2.35. The van der Waals surface area contributed by atoms with Gasteiger partial charge in [0.05, 0.1) is 12.6 Å². The van der Waals surface area contributed by atoms with Gasteiger partial charge in [-0.1, -0.05) is 30.3 Å². The van der Waals surface area contributed by atoms with Crippen molar-refractivity contribution in [1.82, 2.24) is 15.6 Å². The lowest BCUT2D eigenvalue weighted by molar-refractivity contribution is 0.288. The van der Waals surface area contributed by atoms with E-state index in [0.717, 1.165) is 24.0 Å². The summed E-state index contributed by atoms with van der Waals surface area (Å²) >= 11 is 0. The first kappa shape index (κ1) is 17.3. The Morgan fingerprint density at radius 1 is 1.28 bits per heavy atom. The third-order valence-electron chi connectivity index (χ3n) is 4.30. The van der Waals surface area contributed by atoms with Gasteiger partial charge in [-0.3, -0.25) is 4.99 Å². The number of hydrogen-bond donors (Lipinski definition) is 2. The Balaban J connectivity index is 1.51. The van der Waals surface area contributed by atoms with E-state index in [1.807, 2.05) is 30.3 Å². The number of aromatic nitrogens is 1. The molecular formula is C20H26N4O. The Bertz CT molecular complexity index is 698. The van der Waals surface area contributed by atoms with E-state index in [-0.39, 0.29) is 6.04 Å². The smallest absolute Gasteiger partial charge is 0.213 e. The standard InChI is InChI=1S/C20H26N4O/c1-15(18-6-4-3-5-7-18)24-20(21-2)23-13-17-10-11-22-19(12-17)25-14-16-8-9-16/h3-7,10-12,15-16H,8-9,13-14H2,1-2H3,(H2,21,23,24). The second kappa shape index (κ2) is 8.51. The molecule has 2 aromatic rings. The van der Waals surface area contributed by atoms with Gasteiger partial charge < -0.3 is 15.4 Å². The molecule has 0 aliphatic heterocycles. The number of nitrogens with one attached hydrogen (secondary N) is 2. The van der Waals surface area contributed by atoms with Crippen LogP contribution in [-0.2, 0) is 6.54 Å². The van der Waals surface area contributed by atoms with Crippen LogP contribution in [0.3, 0.4) is 0 Å². The van der Waals surface area contributed by atoms with Gasteiger partial charge in [0.15, 0.2) is 5.96 Å². The topological polar surface area (TPSA) is 58.5 Å². The zero-order valence-electron chi connectivity index (χ0n) is 14.9. The molecule has 1 unspecified atom stereocenters. The molecule has 0 radical (unpaired) electrons. The van der Waals surface area contributed by atoms with Crippen LogP contribution in [0.4, 0.5) is 0 Å². The predicted octanol–water partition coefficient (Wildman–Crippen LogP) is 3.30. The van der Waals surface area contributed by atoms with Crippen molar-refractivity contribution in [2.45, 2.75) is 32.4 Å². The van der Waals surface area contributed by atoms with Crippen LogP contribution in [-0.4, -0.2) is 24.6 Å². The largest absolute Gasteiger partial charge is 0.477 e. The van der Waals surface area contributed by atoms with Crippen LogP contribution >= 0.6 is 0 Å². The Labute approximate surface area is 149 Å². The fourth-order valence-electron chi connectivity index (χ4n) is 2.54. The van der Waals surface area contributed by atoms with Gasteiger partial charge in [0.25, 0.3) is 0 Å². The van der Waals surface area contributed by atoms with Gasteiger partial charge in [0.2, 0.25) is 5.88 Å². The molecule has 0 spiro atoms. The van der Waals surface area contributed by atoms with E-state index in [1.54, 1.807) is 13.2 Å². The van der Waals surface area contributed by atoms with Crippen molar-refractivity contribution in [3.05, 3.63) is 59.8 Å². The molecular weight excluding hydrogens is 312 g/mol. The van der Waals surface area contributed by atoms with Gasteiger partial charge >= 0.3 is 0 Å². The van der Waals surface area contributed by atoms with E-state index in [0.29, 0.717) is 12.4 Å². The minimum Gasteiger partial charge on any atom is -0.477 e. The molecule has 1 aromatic carbocycles. The second-order valence-electron chi connectivity index (χ2n) is 6.46. The number of guanidine groups is 1. The molecule has 2 N–H and O–H groups in total. The summed E-state index contributed by atoms with van der Waals surface area (Å²) in [7, 11) is 1.78. The fourth-order valence-corrected chi connectivity index (χ4v) is 2.54. The summed E-state index contributed by atoms with van der Waals surface area (Å²) in [5.74, 6) is 2.20. The maximum atomic E-state index is 5.74. The Morgan fingerprint density at radius 2 is 2.08 bits per heavy atom. The molecule has 1 saturated carbocycles. The third-order valence-corrected chi connectivity index (χ3v) is 4.30. The third kappa shape index (κ3) is 5.48. The first-order valence-corrected chi connectivity index (χ1v) is 8.84. The Kier molecular flexibility index (Phi) is 5.88. The highest BCUT2D eigenvalue weighted by atomic mass is 16.5. The van der Waals surface area contributed by atoms with Gasteiger partial charge in [-0.25, -0.2) is 4.98 Å². The van der Waals surface area contributed by atoms with Gasteiger partial charge in [-0.05, 0) is 42.9 Å². The van der Waals surface area contributed by atoms with Crippen molar-refractivity contribution in [2.24, 2.45) is 10.9 Å². The van der Waals surface area contributed by atoms with Gasteiger partial charge in [0.1, 0.15) is 0 Å². The normalized spacial score (nSPS) is 15.5. The summed E-state index contributed by atoms with van der Waals surface area (Å²) in [6, 6.07) is 14.5. The number of pyridine rings is 1. The monoisotopic (exact) mass is 338 g/mol. The molecule has 0 amide bonds. The number of aliphatic imine (C=N–C) groups is 1. The molecule has 1 fully saturated rings. The summed E-state index contributed by atoms with van der Waals surface area (Å²) < 4.78 is 5.74. The van der Waals surface area contributed by atoms with Crippen molar-refractivity contribution in [3.8, 4) is 5.88 Å². The van der Waals surface area contributed by atoms with E-state index >= 15 is 0 Å². The number of hydrogen-bond acceptors (Lipinski definition) is 3. The number of benzene rings is 1. The molecule has 25 heavy (non-hydrogen) atoms. The molecule has 1 aliphatic rings. The molecule has 1 aromatic heterocycles. The van der Waals surface area contributed by atoms with Crippen molar-refractivity contribution in [3.63, 3.8) is 0 Å². The average molecular weight is 338 g/mol. The molecule has 132 valence electrons. The van der Waals surface area contributed by atoms with Gasteiger partial charge in [0, 0.05) is 25.9 Å². The van der Waals surface area contributed by atoms with Crippen LogP contribution in [0.1, 0.15) is 36.9 Å². The zero-order chi connectivity index (χ0) is 17.5. The van der Waals surface area contributed by atoms with Crippen molar-refractivity contribution >= 4 is 5.96 Å². The first-order valence-electron chi connectivity index (χ1n) is 8.84. The minimum atomic E-state index is 0.183. The maximum absolute atomic E-state index is 5.74. The molecule has 1 aliphatic carbocycles. The van der Waals surface area contributed by atoms with Crippen molar-refractivity contribution < 1.29 is 4.74 Å². The lowest BCUT2D eigenvalue weighted by Crippen LogP contribution is -2.38. The highest BCUT2D eigenvalue weighted by Gasteiger charge is 2.22. The fraction of sp³-hybridized carbons (Fsp3) is 0.400. The van der Waals surface area contributed by atoms with Crippen LogP contribution in [0.25, 0.3) is 0 Å². The highest BCUT2D eigenvalue weighted by Crippen LogP contribution is 2.29. The minimum absolute atomic E-state index is 0.183. The maximum Gasteiger partial charge on any atom is 0.213 e.